The van der Waals surface area contributed by atoms with Crippen molar-refractivity contribution in [3.63, 3.8) is 0 Å². The second-order valence-electron chi connectivity index (χ2n) is 8.98. The number of hydrogen-bond acceptors (Lipinski definition) is 3. The van der Waals surface area contributed by atoms with Crippen LogP contribution in [-0.2, 0) is 16.1 Å². The van der Waals surface area contributed by atoms with Crippen molar-refractivity contribution in [2.24, 2.45) is 5.10 Å². The van der Waals surface area contributed by atoms with Crippen molar-refractivity contribution in [3.8, 4) is 0 Å². The van der Waals surface area contributed by atoms with E-state index in [4.69, 9.17) is 0 Å². The Labute approximate surface area is 221 Å². The third-order valence-corrected chi connectivity index (χ3v) is 6.36. The zero-order valence-electron chi connectivity index (χ0n) is 20.8. The van der Waals surface area contributed by atoms with Gasteiger partial charge in [-0.3, -0.25) is 9.59 Å². The third-order valence-electron chi connectivity index (χ3n) is 6.36. The second kappa shape index (κ2) is 11.8. The summed E-state index contributed by atoms with van der Waals surface area (Å²) < 4.78 is 2.17. The molecule has 0 aliphatic carbocycles. The fourth-order valence-electron chi connectivity index (χ4n) is 4.56. The summed E-state index contributed by atoms with van der Waals surface area (Å²) in [5.74, 6) is -1.16. The van der Waals surface area contributed by atoms with Gasteiger partial charge in [-0.1, -0.05) is 109 Å². The van der Waals surface area contributed by atoms with Crippen molar-refractivity contribution >= 4 is 28.9 Å². The highest BCUT2D eigenvalue weighted by Crippen LogP contribution is 2.25. The topological polar surface area (TPSA) is 75.5 Å². The molecule has 0 saturated carbocycles. The molecule has 0 atom stereocenters. The molecule has 0 bridgehead atoms. The Morgan fingerprint density at radius 2 is 1.34 bits per heavy atom. The normalized spacial score (nSPS) is 11.2. The van der Waals surface area contributed by atoms with E-state index in [-0.39, 0.29) is 12.5 Å². The van der Waals surface area contributed by atoms with Gasteiger partial charge in [-0.15, -0.1) is 0 Å². The van der Waals surface area contributed by atoms with Crippen LogP contribution in [0, 0.1) is 0 Å². The van der Waals surface area contributed by atoms with Crippen LogP contribution in [0.4, 0.5) is 0 Å². The molecule has 5 rings (SSSR count). The number of nitrogens with zero attached hydrogens (tertiary/aromatic N) is 2. The van der Waals surface area contributed by atoms with Crippen LogP contribution >= 0.6 is 0 Å². The monoisotopic (exact) mass is 500 g/mol. The quantitative estimate of drug-likeness (QED) is 0.219. The fraction of sp³-hybridized carbons (Fsp3) is 0.0938. The first-order valence-electron chi connectivity index (χ1n) is 12.5. The molecule has 0 spiro atoms. The molecule has 2 amide bonds. The van der Waals surface area contributed by atoms with E-state index >= 15 is 0 Å². The number of amides is 2. The Kier molecular flexibility index (Phi) is 7.70. The van der Waals surface area contributed by atoms with Crippen LogP contribution in [0.1, 0.15) is 28.2 Å². The lowest BCUT2D eigenvalue weighted by atomic mass is 9.90. The zero-order valence-corrected chi connectivity index (χ0v) is 20.8. The third kappa shape index (κ3) is 5.87. The lowest BCUT2D eigenvalue weighted by molar-refractivity contribution is -0.126. The lowest BCUT2D eigenvalue weighted by Gasteiger charge is -2.17. The summed E-state index contributed by atoms with van der Waals surface area (Å²) in [6.45, 7) is 0.555. The van der Waals surface area contributed by atoms with Gasteiger partial charge >= 0.3 is 0 Å². The maximum absolute atomic E-state index is 13.1. The first-order chi connectivity index (χ1) is 18.7. The molecule has 188 valence electrons. The van der Waals surface area contributed by atoms with Crippen molar-refractivity contribution in [1.82, 2.24) is 15.3 Å². The average Bonchev–Trinajstić information content (AvgIpc) is 3.31. The van der Waals surface area contributed by atoms with Gasteiger partial charge in [0.05, 0.1) is 18.7 Å². The minimum absolute atomic E-state index is 0.178. The summed E-state index contributed by atoms with van der Waals surface area (Å²) in [5.41, 5.74) is 7.44. The summed E-state index contributed by atoms with van der Waals surface area (Å²) in [6.07, 6.45) is 3.67. The number of hydrogen-bond donors (Lipinski definition) is 2. The van der Waals surface area contributed by atoms with E-state index in [1.165, 1.54) is 5.56 Å². The molecule has 1 aromatic heterocycles. The van der Waals surface area contributed by atoms with Crippen LogP contribution in [0.3, 0.4) is 0 Å². The molecule has 2 N–H and O–H groups in total. The second-order valence-corrected chi connectivity index (χ2v) is 8.98. The summed E-state index contributed by atoms with van der Waals surface area (Å²) in [6, 6.07) is 37.4. The molecule has 0 aliphatic heterocycles. The molecule has 6 nitrogen and oxygen atoms in total. The first kappa shape index (κ1) is 24.7. The van der Waals surface area contributed by atoms with Crippen LogP contribution in [0.2, 0.25) is 0 Å². The standard InChI is InChI=1S/C32H28N4O2/c37-30(21-33-32(38)31(25-14-6-2-7-15-25)26-16-8-3-9-17-26)35-34-20-27-23-36(22-24-12-4-1-5-13-24)29-19-11-10-18-28(27)29/h1-20,23,31H,21-22H2,(H,33,38)(H,35,37). The maximum Gasteiger partial charge on any atom is 0.259 e. The Balaban J connectivity index is 1.23. The van der Waals surface area contributed by atoms with Gasteiger partial charge in [0, 0.05) is 29.2 Å². The molecule has 0 saturated heterocycles. The van der Waals surface area contributed by atoms with Crippen LogP contribution in [0.5, 0.6) is 0 Å². The van der Waals surface area contributed by atoms with Crippen molar-refractivity contribution in [2.75, 3.05) is 6.54 Å². The Hall–Kier alpha value is -4.97. The summed E-state index contributed by atoms with van der Waals surface area (Å²) in [7, 11) is 0. The van der Waals surface area contributed by atoms with Crippen LogP contribution in [0.25, 0.3) is 10.9 Å². The number of carbonyl (C=O) groups is 2. The number of nitrogens with one attached hydrogen (secondary N) is 2. The summed E-state index contributed by atoms with van der Waals surface area (Å²) >= 11 is 0. The van der Waals surface area contributed by atoms with Gasteiger partial charge in [-0.25, -0.2) is 5.43 Å². The van der Waals surface area contributed by atoms with E-state index in [2.05, 4.69) is 38.6 Å². The molecule has 0 fully saturated rings. The van der Waals surface area contributed by atoms with Gasteiger partial charge < -0.3 is 9.88 Å². The SMILES string of the molecule is O=C(CNC(=O)C(c1ccccc1)c1ccccc1)NN=Cc1cn(Cc2ccccc2)c2ccccc12. The Morgan fingerprint density at radius 3 is 2.00 bits per heavy atom. The van der Waals surface area contributed by atoms with Gasteiger partial charge in [0.1, 0.15) is 0 Å². The van der Waals surface area contributed by atoms with E-state index < -0.39 is 11.8 Å². The highest BCUT2D eigenvalue weighted by molar-refractivity contribution is 6.00. The molecule has 38 heavy (non-hydrogen) atoms. The van der Waals surface area contributed by atoms with Crippen molar-refractivity contribution in [1.29, 1.82) is 0 Å². The first-order valence-corrected chi connectivity index (χ1v) is 12.5. The van der Waals surface area contributed by atoms with Crippen LogP contribution in [-0.4, -0.2) is 29.1 Å². The number of para-hydroxylation sites is 1. The van der Waals surface area contributed by atoms with Gasteiger partial charge in [-0.05, 0) is 22.8 Å². The number of fused-ring (bicyclic) bond motifs is 1. The maximum atomic E-state index is 13.1. The predicted molar refractivity (Wildman–Crippen MR) is 151 cm³/mol. The Morgan fingerprint density at radius 1 is 0.763 bits per heavy atom. The van der Waals surface area contributed by atoms with E-state index in [1.54, 1.807) is 6.21 Å². The number of hydrazone groups is 1. The number of rotatable bonds is 9. The fourth-order valence-corrected chi connectivity index (χ4v) is 4.56. The largest absolute Gasteiger partial charge is 0.346 e. The van der Waals surface area contributed by atoms with E-state index in [9.17, 15) is 9.59 Å². The minimum atomic E-state index is -0.510. The predicted octanol–water partition coefficient (Wildman–Crippen LogP) is 5.09. The Bertz CT molecular complexity index is 1500. The highest BCUT2D eigenvalue weighted by Gasteiger charge is 2.22. The smallest absolute Gasteiger partial charge is 0.259 e. The van der Waals surface area contributed by atoms with Crippen molar-refractivity contribution < 1.29 is 9.59 Å². The molecule has 0 aliphatic rings. The molecule has 0 radical (unpaired) electrons. The lowest BCUT2D eigenvalue weighted by Crippen LogP contribution is -2.37. The van der Waals surface area contributed by atoms with Crippen molar-refractivity contribution in [3.05, 3.63) is 144 Å². The number of aromatic nitrogens is 1. The minimum Gasteiger partial charge on any atom is -0.346 e. The number of carbonyl (C=O) groups excluding carboxylic acids is 2. The van der Waals surface area contributed by atoms with Gasteiger partial charge in [0.2, 0.25) is 5.91 Å². The summed E-state index contributed by atoms with van der Waals surface area (Å²) in [5, 5.41) is 7.97. The van der Waals surface area contributed by atoms with E-state index in [1.807, 2.05) is 103 Å². The van der Waals surface area contributed by atoms with Crippen molar-refractivity contribution in [2.45, 2.75) is 12.5 Å². The summed E-state index contributed by atoms with van der Waals surface area (Å²) in [4.78, 5) is 25.6. The average molecular weight is 501 g/mol. The molecule has 0 unspecified atom stereocenters. The molecule has 6 heteroatoms. The molecular formula is C32H28N4O2. The van der Waals surface area contributed by atoms with Gasteiger partial charge in [0.25, 0.3) is 5.91 Å². The van der Waals surface area contributed by atoms with E-state index in [0.717, 1.165) is 34.1 Å². The molecule has 5 aromatic rings. The highest BCUT2D eigenvalue weighted by atomic mass is 16.2. The molecule has 4 aromatic carbocycles. The van der Waals surface area contributed by atoms with Crippen LogP contribution in [0.15, 0.2) is 127 Å². The van der Waals surface area contributed by atoms with Crippen LogP contribution < -0.4 is 10.7 Å². The molecular weight excluding hydrogens is 472 g/mol. The zero-order chi connectivity index (χ0) is 26.2. The van der Waals surface area contributed by atoms with E-state index in [0.29, 0.717) is 0 Å². The van der Waals surface area contributed by atoms with Gasteiger partial charge in [-0.2, -0.15) is 5.10 Å². The molecule has 1 heterocycles. The number of benzene rings is 4. The van der Waals surface area contributed by atoms with Gasteiger partial charge in [0.15, 0.2) is 0 Å².